The smallest absolute Gasteiger partial charge is 0.339 e. The van der Waals surface area contributed by atoms with E-state index in [2.05, 4.69) is 5.32 Å². The lowest BCUT2D eigenvalue weighted by atomic mass is 10.1. The number of nitrogens with one attached hydrogen (secondary N) is 1. The summed E-state index contributed by atoms with van der Waals surface area (Å²) in [6, 6.07) is 21.5. The molecule has 0 spiro atoms. The third-order valence-electron chi connectivity index (χ3n) is 4.78. The molecule has 0 radical (unpaired) electrons. The van der Waals surface area contributed by atoms with Crippen molar-refractivity contribution in [3.63, 3.8) is 0 Å². The second-order valence-electron chi connectivity index (χ2n) is 7.33. The van der Waals surface area contributed by atoms with Crippen LogP contribution in [0.2, 0.25) is 0 Å². The number of esters is 1. The first-order valence-electron chi connectivity index (χ1n) is 9.88. The van der Waals surface area contributed by atoms with Crippen LogP contribution in [-0.4, -0.2) is 33.1 Å². The number of amides is 1. The molecule has 0 bridgehead atoms. The summed E-state index contributed by atoms with van der Waals surface area (Å²) in [6.07, 6.45) is -1.12. The molecule has 31 heavy (non-hydrogen) atoms. The van der Waals surface area contributed by atoms with Gasteiger partial charge in [-0.15, -0.1) is 0 Å². The van der Waals surface area contributed by atoms with Gasteiger partial charge in [0.25, 0.3) is 5.91 Å². The summed E-state index contributed by atoms with van der Waals surface area (Å²) in [7, 11) is 5.31. The first-order valence-corrected chi connectivity index (χ1v) is 9.88. The van der Waals surface area contributed by atoms with E-state index in [4.69, 9.17) is 9.47 Å². The average molecular weight is 418 g/mol. The second-order valence-corrected chi connectivity index (χ2v) is 7.33. The quantitative estimate of drug-likeness (QED) is 0.568. The van der Waals surface area contributed by atoms with Crippen molar-refractivity contribution in [2.45, 2.75) is 13.0 Å². The van der Waals surface area contributed by atoms with Crippen LogP contribution in [0.1, 0.15) is 27.6 Å². The van der Waals surface area contributed by atoms with Crippen molar-refractivity contribution in [1.82, 2.24) is 0 Å². The molecule has 0 aliphatic carbocycles. The minimum Gasteiger partial charge on any atom is -0.495 e. The lowest BCUT2D eigenvalue weighted by Crippen LogP contribution is -2.26. The van der Waals surface area contributed by atoms with Crippen molar-refractivity contribution >= 4 is 23.3 Å². The fourth-order valence-corrected chi connectivity index (χ4v) is 3.10. The Morgan fingerprint density at radius 2 is 1.68 bits per heavy atom. The number of anilines is 2. The Hall–Kier alpha value is -3.80. The van der Waals surface area contributed by atoms with E-state index in [1.165, 1.54) is 7.11 Å². The fraction of sp³-hybridized carbons (Fsp3) is 0.200. The first kappa shape index (κ1) is 21.9. The number of hydrogen-bond donors (Lipinski definition) is 1. The van der Waals surface area contributed by atoms with Crippen molar-refractivity contribution in [3.05, 3.63) is 89.5 Å². The topological polar surface area (TPSA) is 67.9 Å². The molecule has 3 aromatic rings. The Labute approximate surface area is 182 Å². The third-order valence-corrected chi connectivity index (χ3v) is 4.78. The van der Waals surface area contributed by atoms with Gasteiger partial charge in [-0.05, 0) is 42.8 Å². The van der Waals surface area contributed by atoms with Gasteiger partial charge in [0.15, 0.2) is 0 Å². The molecule has 0 aromatic heterocycles. The molecule has 3 rings (SSSR count). The highest BCUT2D eigenvalue weighted by Gasteiger charge is 2.26. The van der Waals surface area contributed by atoms with Crippen LogP contribution in [0.25, 0.3) is 0 Å². The molecule has 160 valence electrons. The monoisotopic (exact) mass is 418 g/mol. The number of aryl methyl sites for hydroxylation is 1. The number of carbonyl (C=O) groups is 2. The molecule has 1 amide bonds. The zero-order valence-electron chi connectivity index (χ0n) is 18.1. The molecule has 0 aliphatic heterocycles. The average Bonchev–Trinajstić information content (AvgIpc) is 2.78. The molecular weight excluding hydrogens is 392 g/mol. The van der Waals surface area contributed by atoms with Crippen molar-refractivity contribution in [2.75, 3.05) is 31.4 Å². The van der Waals surface area contributed by atoms with Crippen LogP contribution in [0.15, 0.2) is 72.8 Å². The molecule has 0 saturated carbocycles. The van der Waals surface area contributed by atoms with E-state index in [1.54, 1.807) is 54.6 Å². The van der Waals surface area contributed by atoms with Crippen LogP contribution >= 0.6 is 0 Å². The van der Waals surface area contributed by atoms with Crippen LogP contribution in [-0.2, 0) is 9.53 Å². The number of rotatable bonds is 7. The van der Waals surface area contributed by atoms with Crippen molar-refractivity contribution in [1.29, 1.82) is 0 Å². The molecule has 1 atom stereocenters. The number of ether oxygens (including phenoxy) is 2. The highest BCUT2D eigenvalue weighted by atomic mass is 16.5. The minimum atomic E-state index is -1.12. The Kier molecular flexibility index (Phi) is 6.92. The van der Waals surface area contributed by atoms with Crippen LogP contribution in [0, 0.1) is 6.92 Å². The number of nitrogens with zero attached hydrogens (tertiary/aromatic N) is 1. The zero-order valence-corrected chi connectivity index (χ0v) is 18.1. The molecule has 6 heteroatoms. The van der Waals surface area contributed by atoms with Crippen LogP contribution in [0.4, 0.5) is 11.4 Å². The predicted molar refractivity (Wildman–Crippen MR) is 122 cm³/mol. The predicted octanol–water partition coefficient (Wildman–Crippen LogP) is 4.61. The Bertz CT molecular complexity index is 1060. The first-order chi connectivity index (χ1) is 14.9. The SMILES string of the molecule is COc1ccc(C)cc1NC(=O)[C@H](OC(=O)c1cccc(N(C)C)c1)c1ccccc1. The summed E-state index contributed by atoms with van der Waals surface area (Å²) in [5.41, 5.74) is 3.28. The molecule has 0 unspecified atom stereocenters. The van der Waals surface area contributed by atoms with Gasteiger partial charge in [0, 0.05) is 25.3 Å². The maximum absolute atomic E-state index is 13.2. The van der Waals surface area contributed by atoms with Crippen molar-refractivity contribution in [2.24, 2.45) is 0 Å². The summed E-state index contributed by atoms with van der Waals surface area (Å²) < 4.78 is 11.0. The molecule has 3 aromatic carbocycles. The van der Waals surface area contributed by atoms with Crippen LogP contribution in [0.3, 0.4) is 0 Å². The van der Waals surface area contributed by atoms with Crippen molar-refractivity contribution < 1.29 is 19.1 Å². The highest BCUT2D eigenvalue weighted by Crippen LogP contribution is 2.28. The fourth-order valence-electron chi connectivity index (χ4n) is 3.10. The van der Waals surface area contributed by atoms with E-state index in [9.17, 15) is 9.59 Å². The maximum Gasteiger partial charge on any atom is 0.339 e. The largest absolute Gasteiger partial charge is 0.495 e. The van der Waals surface area contributed by atoms with E-state index >= 15 is 0 Å². The standard InChI is InChI=1S/C25H26N2O4/c1-17-13-14-22(30-4)21(15-17)26-24(28)23(18-9-6-5-7-10-18)31-25(29)19-11-8-12-20(16-19)27(2)3/h5-16,23H,1-4H3,(H,26,28)/t23-/m1/s1. The third kappa shape index (κ3) is 5.42. The Morgan fingerprint density at radius 3 is 2.35 bits per heavy atom. The van der Waals surface area contributed by atoms with Gasteiger partial charge < -0.3 is 19.7 Å². The Morgan fingerprint density at radius 1 is 0.935 bits per heavy atom. The number of benzene rings is 3. The summed E-state index contributed by atoms with van der Waals surface area (Å²) in [6.45, 7) is 1.92. The van der Waals surface area contributed by atoms with Gasteiger partial charge in [-0.25, -0.2) is 4.79 Å². The normalized spacial score (nSPS) is 11.4. The van der Waals surface area contributed by atoms with E-state index in [0.29, 0.717) is 22.6 Å². The highest BCUT2D eigenvalue weighted by molar-refractivity contribution is 5.99. The lowest BCUT2D eigenvalue weighted by Gasteiger charge is -2.20. The van der Waals surface area contributed by atoms with Gasteiger partial charge in [0.1, 0.15) is 5.75 Å². The molecule has 0 saturated heterocycles. The molecular formula is C25H26N2O4. The van der Waals surface area contributed by atoms with E-state index in [0.717, 1.165) is 11.3 Å². The summed E-state index contributed by atoms with van der Waals surface area (Å²) >= 11 is 0. The van der Waals surface area contributed by atoms with Gasteiger partial charge in [0.2, 0.25) is 6.10 Å². The molecule has 0 aliphatic rings. The second kappa shape index (κ2) is 9.80. The van der Waals surface area contributed by atoms with E-state index < -0.39 is 18.0 Å². The van der Waals surface area contributed by atoms with Gasteiger partial charge in [-0.2, -0.15) is 0 Å². The summed E-state index contributed by atoms with van der Waals surface area (Å²) in [5, 5.41) is 2.84. The van der Waals surface area contributed by atoms with Gasteiger partial charge >= 0.3 is 5.97 Å². The van der Waals surface area contributed by atoms with Crippen LogP contribution in [0.5, 0.6) is 5.75 Å². The lowest BCUT2D eigenvalue weighted by molar-refractivity contribution is -0.125. The maximum atomic E-state index is 13.2. The molecule has 6 nitrogen and oxygen atoms in total. The van der Waals surface area contributed by atoms with Crippen molar-refractivity contribution in [3.8, 4) is 5.75 Å². The van der Waals surface area contributed by atoms with E-state index in [-0.39, 0.29) is 0 Å². The molecule has 0 fully saturated rings. The number of carbonyl (C=O) groups excluding carboxylic acids is 2. The van der Waals surface area contributed by atoms with Gasteiger partial charge in [-0.3, -0.25) is 4.79 Å². The Balaban J connectivity index is 1.89. The number of hydrogen-bond acceptors (Lipinski definition) is 5. The molecule has 0 heterocycles. The van der Waals surface area contributed by atoms with Gasteiger partial charge in [0.05, 0.1) is 18.4 Å². The number of methoxy groups -OCH3 is 1. The molecule has 1 N–H and O–H groups in total. The van der Waals surface area contributed by atoms with Crippen LogP contribution < -0.4 is 15.0 Å². The minimum absolute atomic E-state index is 0.369. The summed E-state index contributed by atoms with van der Waals surface area (Å²) in [5.74, 6) is -0.521. The zero-order chi connectivity index (χ0) is 22.4. The summed E-state index contributed by atoms with van der Waals surface area (Å²) in [4.78, 5) is 28.0. The van der Waals surface area contributed by atoms with E-state index in [1.807, 2.05) is 44.1 Å². The van der Waals surface area contributed by atoms with Gasteiger partial charge in [-0.1, -0.05) is 42.5 Å².